The number of amides is 4. The summed E-state index contributed by atoms with van der Waals surface area (Å²) in [6, 6.07) is 8.58. The van der Waals surface area contributed by atoms with Gasteiger partial charge in [-0.3, -0.25) is 19.2 Å². The number of carbonyl (C=O) groups excluding carboxylic acids is 4. The second-order valence-corrected chi connectivity index (χ2v) is 14.0. The average Bonchev–Trinajstić information content (AvgIpc) is 3.42. The monoisotopic (exact) mass is 734 g/mol. The first-order chi connectivity index (χ1) is 23.8. The molecule has 4 aliphatic rings. The molecule has 3 fully saturated rings. The van der Waals surface area contributed by atoms with Crippen molar-refractivity contribution in [2.45, 2.75) is 45.0 Å². The van der Waals surface area contributed by atoms with Gasteiger partial charge in [-0.2, -0.15) is 26.3 Å². The number of imide groups is 2. The third-order valence-electron chi connectivity index (χ3n) is 10.8. The Morgan fingerprint density at radius 3 is 2.08 bits per heavy atom. The zero-order valence-corrected chi connectivity index (χ0v) is 27.3. The van der Waals surface area contributed by atoms with Gasteiger partial charge in [0.25, 0.3) is 0 Å². The number of hydrogen-bond acceptors (Lipinski definition) is 5. The van der Waals surface area contributed by atoms with E-state index in [1.165, 1.54) is 13.0 Å². The lowest BCUT2D eigenvalue weighted by Crippen LogP contribution is -2.49. The first kappa shape index (κ1) is 34.7. The van der Waals surface area contributed by atoms with Gasteiger partial charge >= 0.3 is 12.4 Å². The van der Waals surface area contributed by atoms with Crippen LogP contribution in [0.2, 0.25) is 5.02 Å². The van der Waals surface area contributed by atoms with Gasteiger partial charge in [0.1, 0.15) is 11.6 Å². The molecule has 0 aromatic heterocycles. The van der Waals surface area contributed by atoms with Crippen molar-refractivity contribution < 1.29 is 55.0 Å². The minimum Gasteiger partial charge on any atom is -0.507 e. The number of aryl methyl sites for hydroxylation is 1. The van der Waals surface area contributed by atoms with Crippen LogP contribution in [0.4, 0.5) is 42.1 Å². The van der Waals surface area contributed by atoms with Crippen molar-refractivity contribution in [1.82, 2.24) is 0 Å². The van der Waals surface area contributed by atoms with Crippen molar-refractivity contribution in [2.24, 2.45) is 29.1 Å². The number of halogens is 8. The Kier molecular flexibility index (Phi) is 7.75. The average molecular weight is 735 g/mol. The number of aromatic hydroxyl groups is 1. The number of alkyl halides is 6. The van der Waals surface area contributed by atoms with E-state index in [1.54, 1.807) is 31.2 Å². The van der Waals surface area contributed by atoms with E-state index in [9.17, 15) is 55.0 Å². The summed E-state index contributed by atoms with van der Waals surface area (Å²) in [5.41, 5.74) is -4.88. The second-order valence-electron chi connectivity index (χ2n) is 13.5. The summed E-state index contributed by atoms with van der Waals surface area (Å²) in [5, 5.41) is 11.0. The lowest BCUT2D eigenvalue weighted by Gasteiger charge is -2.49. The Labute approximate surface area is 290 Å². The lowest BCUT2D eigenvalue weighted by molar-refractivity contribution is -0.143. The molecule has 0 unspecified atom stereocenters. The molecule has 7 rings (SSSR count). The molecule has 2 saturated heterocycles. The van der Waals surface area contributed by atoms with Gasteiger partial charge in [0.05, 0.1) is 50.7 Å². The highest BCUT2D eigenvalue weighted by atomic mass is 35.5. The van der Waals surface area contributed by atoms with Crippen LogP contribution in [-0.2, 0) is 31.5 Å². The molecule has 2 heterocycles. The molecule has 6 atom stereocenters. The number of rotatable bonds is 3. The van der Waals surface area contributed by atoms with E-state index < -0.39 is 93.6 Å². The molecule has 0 bridgehead atoms. The van der Waals surface area contributed by atoms with Gasteiger partial charge in [0.2, 0.25) is 23.6 Å². The van der Waals surface area contributed by atoms with Crippen LogP contribution < -0.4 is 9.80 Å². The number of phenolic OH excluding ortho intramolecular Hbond substituents is 1. The van der Waals surface area contributed by atoms with Gasteiger partial charge < -0.3 is 5.11 Å². The Morgan fingerprint density at radius 2 is 1.47 bits per heavy atom. The normalized spacial score (nSPS) is 27.8. The van der Waals surface area contributed by atoms with E-state index in [4.69, 9.17) is 11.6 Å². The minimum absolute atomic E-state index is 0.0302. The Bertz CT molecular complexity index is 2060. The molecule has 3 aromatic carbocycles. The van der Waals surface area contributed by atoms with Gasteiger partial charge in [-0.15, -0.1) is 0 Å². The molecule has 4 amide bonds. The maximum atomic E-state index is 14.5. The number of benzene rings is 3. The van der Waals surface area contributed by atoms with Crippen molar-refractivity contribution in [2.75, 3.05) is 9.80 Å². The predicted octanol–water partition coefficient (Wildman–Crippen LogP) is 7.97. The molecule has 0 spiro atoms. The number of carbonyl (C=O) groups is 4. The van der Waals surface area contributed by atoms with Crippen LogP contribution in [0.25, 0.3) is 0 Å². The van der Waals surface area contributed by atoms with Crippen LogP contribution in [0.15, 0.2) is 66.2 Å². The number of anilines is 2. The zero-order chi connectivity index (χ0) is 37.1. The largest absolute Gasteiger partial charge is 0.507 e. The Morgan fingerprint density at radius 1 is 0.824 bits per heavy atom. The molecule has 1 N–H and O–H groups in total. The van der Waals surface area contributed by atoms with Crippen LogP contribution in [0, 0.1) is 41.8 Å². The number of hydrogen-bond donors (Lipinski definition) is 1. The van der Waals surface area contributed by atoms with Crippen molar-refractivity contribution in [3.05, 3.63) is 99.3 Å². The molecule has 15 heteroatoms. The minimum atomic E-state index is -5.24. The third kappa shape index (κ3) is 5.07. The van der Waals surface area contributed by atoms with E-state index in [0.717, 1.165) is 17.0 Å². The zero-order valence-electron chi connectivity index (χ0n) is 26.6. The number of nitrogens with zero attached hydrogens (tertiary/aromatic N) is 2. The summed E-state index contributed by atoms with van der Waals surface area (Å²) in [6.07, 6.45) is -9.24. The van der Waals surface area contributed by atoms with E-state index in [0.29, 0.717) is 28.2 Å². The van der Waals surface area contributed by atoms with Gasteiger partial charge in [-0.05, 0) is 74.6 Å². The summed E-state index contributed by atoms with van der Waals surface area (Å²) in [5.74, 6) is -10.3. The first-order valence-corrected chi connectivity index (χ1v) is 16.1. The SMILES string of the molecule is Cc1cccc([C@H]2C3=CC[C@@H]4C(=O)N(c5cc(C(F)(F)F)cc(C(F)(F)F)c5)C(=O)[C@@H]4[C@@H]3C[C@H]3C(=O)N(c4ccc(F)c(Cl)c4)C(=O)[C@@]23C)c1O. The van der Waals surface area contributed by atoms with E-state index >= 15 is 0 Å². The van der Waals surface area contributed by atoms with Crippen molar-refractivity contribution in [3.63, 3.8) is 0 Å². The Balaban J connectivity index is 1.37. The van der Waals surface area contributed by atoms with Crippen LogP contribution in [0.5, 0.6) is 5.75 Å². The molecular formula is C36H26ClF7N2O5. The summed E-state index contributed by atoms with van der Waals surface area (Å²) in [7, 11) is 0. The van der Waals surface area contributed by atoms with Crippen molar-refractivity contribution >= 4 is 46.6 Å². The van der Waals surface area contributed by atoms with Crippen LogP contribution in [-0.4, -0.2) is 28.7 Å². The van der Waals surface area contributed by atoms with Gasteiger partial charge in [0.15, 0.2) is 0 Å². The quantitative estimate of drug-likeness (QED) is 0.167. The predicted molar refractivity (Wildman–Crippen MR) is 168 cm³/mol. The molecule has 1 saturated carbocycles. The smallest absolute Gasteiger partial charge is 0.416 e. The summed E-state index contributed by atoms with van der Waals surface area (Å²) >= 11 is 6.00. The standard InChI is InChI=1S/C36H26ClF7N2O5/c1-15-4-3-5-22(29(15)47)28-20-7-8-21-27(32(50)45(30(21)48)19-11-16(35(39,40)41)10-17(12-19)36(42,43)44)23(20)14-24-31(49)46(33(51)34(24,28)2)18-6-9-26(38)25(37)13-18/h3-7,9-13,21,23-24,27-28,47H,8,14H2,1-2H3/t21-,23+,24-,27-,28+,34+/m0/s1. The summed E-state index contributed by atoms with van der Waals surface area (Å²) in [4.78, 5) is 58.0. The van der Waals surface area contributed by atoms with E-state index in [1.807, 2.05) is 0 Å². The first-order valence-electron chi connectivity index (χ1n) is 15.8. The van der Waals surface area contributed by atoms with Crippen LogP contribution in [0.1, 0.15) is 47.9 Å². The van der Waals surface area contributed by atoms with Crippen LogP contribution in [0.3, 0.4) is 0 Å². The van der Waals surface area contributed by atoms with E-state index in [-0.39, 0.29) is 40.9 Å². The number of phenols is 1. The lowest BCUT2D eigenvalue weighted by atomic mass is 9.51. The van der Waals surface area contributed by atoms with Gasteiger partial charge in [0, 0.05) is 11.5 Å². The summed E-state index contributed by atoms with van der Waals surface area (Å²) in [6.45, 7) is 3.15. The molecular weight excluding hydrogens is 709 g/mol. The van der Waals surface area contributed by atoms with E-state index in [2.05, 4.69) is 0 Å². The van der Waals surface area contributed by atoms with Crippen LogP contribution >= 0.6 is 11.6 Å². The topological polar surface area (TPSA) is 95.0 Å². The Hall–Kier alpha value is -4.72. The highest BCUT2D eigenvalue weighted by Crippen LogP contribution is 2.64. The molecule has 51 heavy (non-hydrogen) atoms. The van der Waals surface area contributed by atoms with Crippen molar-refractivity contribution in [3.8, 4) is 5.75 Å². The number of allylic oxidation sites excluding steroid dienone is 2. The molecule has 2 aliphatic carbocycles. The number of para-hydroxylation sites is 1. The second kappa shape index (κ2) is 11.4. The maximum Gasteiger partial charge on any atom is 0.416 e. The fraction of sp³-hybridized carbons (Fsp3) is 0.333. The molecule has 2 aliphatic heterocycles. The van der Waals surface area contributed by atoms with Crippen molar-refractivity contribution in [1.29, 1.82) is 0 Å². The molecule has 266 valence electrons. The van der Waals surface area contributed by atoms with Gasteiger partial charge in [-0.25, -0.2) is 14.2 Å². The number of fused-ring (bicyclic) bond motifs is 4. The highest BCUT2D eigenvalue weighted by molar-refractivity contribution is 6.32. The molecule has 0 radical (unpaired) electrons. The summed E-state index contributed by atoms with van der Waals surface area (Å²) < 4.78 is 96.6. The third-order valence-corrected chi connectivity index (χ3v) is 11.1. The fourth-order valence-electron chi connectivity index (χ4n) is 8.47. The molecule has 3 aromatic rings. The highest BCUT2D eigenvalue weighted by Gasteiger charge is 2.68. The maximum absolute atomic E-state index is 14.5. The molecule has 7 nitrogen and oxygen atoms in total. The van der Waals surface area contributed by atoms with Gasteiger partial charge in [-0.1, -0.05) is 41.4 Å². The fourth-order valence-corrected chi connectivity index (χ4v) is 8.64.